The maximum Gasteiger partial charge on any atom is 0.114 e. The van der Waals surface area contributed by atoms with E-state index in [4.69, 9.17) is 4.99 Å². The number of fused-ring (bicyclic) bond motifs is 1. The van der Waals surface area contributed by atoms with Gasteiger partial charge in [-0.25, -0.2) is 0 Å². The van der Waals surface area contributed by atoms with E-state index < -0.39 is 0 Å². The lowest BCUT2D eigenvalue weighted by atomic mass is 10.1. The second-order valence-corrected chi connectivity index (χ2v) is 9.41. The van der Waals surface area contributed by atoms with Crippen LogP contribution in [0, 0.1) is 0 Å². The molecule has 5 heteroatoms. The number of benzene rings is 1. The predicted octanol–water partition coefficient (Wildman–Crippen LogP) is 7.07. The molecule has 1 aromatic heterocycles. The van der Waals surface area contributed by atoms with Gasteiger partial charge >= 0.3 is 0 Å². The summed E-state index contributed by atoms with van der Waals surface area (Å²) in [5.41, 5.74) is 5.12. The summed E-state index contributed by atoms with van der Waals surface area (Å²) in [4.78, 5) is 8.65. The number of hydrogen-bond acceptors (Lipinski definition) is 4. The molecule has 1 unspecified atom stereocenters. The molecule has 4 rings (SSSR count). The van der Waals surface area contributed by atoms with Gasteiger partial charge in [0.15, 0.2) is 0 Å². The van der Waals surface area contributed by atoms with Crippen molar-refractivity contribution >= 4 is 45.2 Å². The Hall–Kier alpha value is -1.07. The van der Waals surface area contributed by atoms with Crippen LogP contribution in [0.2, 0.25) is 0 Å². The normalized spacial score (nSPS) is 19.6. The van der Waals surface area contributed by atoms with Crippen LogP contribution in [0.3, 0.4) is 0 Å². The number of hydrogen-bond donors (Lipinski definition) is 2. The van der Waals surface area contributed by atoms with E-state index in [-0.39, 0.29) is 0 Å². The fourth-order valence-electron chi connectivity index (χ4n) is 4.12. The molecule has 0 radical (unpaired) electrons. The van der Waals surface area contributed by atoms with Gasteiger partial charge in [0.2, 0.25) is 0 Å². The van der Waals surface area contributed by atoms with E-state index in [1.165, 1.54) is 71.4 Å². The van der Waals surface area contributed by atoms with Crippen molar-refractivity contribution in [3.05, 3.63) is 29.5 Å². The van der Waals surface area contributed by atoms with Gasteiger partial charge in [-0.1, -0.05) is 40.0 Å². The lowest BCUT2D eigenvalue weighted by Crippen LogP contribution is -2.14. The number of nitrogens with one attached hydrogen (secondary N) is 2. The molecule has 1 fully saturated rings. The zero-order chi connectivity index (χ0) is 19.9. The number of thioether (sulfide) groups is 2. The van der Waals surface area contributed by atoms with Crippen LogP contribution in [0.5, 0.6) is 0 Å². The Balaban J connectivity index is 0.00000109. The van der Waals surface area contributed by atoms with Crippen LogP contribution >= 0.6 is 23.5 Å². The summed E-state index contributed by atoms with van der Waals surface area (Å²) in [6.07, 6.45) is 9.88. The van der Waals surface area contributed by atoms with Crippen molar-refractivity contribution in [3.8, 4) is 0 Å². The number of rotatable bonds is 7. The summed E-state index contributed by atoms with van der Waals surface area (Å²) in [5, 5.41) is 6.34. The molecule has 1 aliphatic heterocycles. The van der Waals surface area contributed by atoms with Crippen molar-refractivity contribution in [2.45, 2.75) is 77.1 Å². The highest BCUT2D eigenvalue weighted by atomic mass is 32.2. The first kappa shape index (κ1) is 21.6. The van der Waals surface area contributed by atoms with Crippen LogP contribution in [0.15, 0.2) is 23.2 Å². The summed E-state index contributed by atoms with van der Waals surface area (Å²) < 4.78 is 0. The van der Waals surface area contributed by atoms with Crippen molar-refractivity contribution in [2.24, 2.45) is 4.99 Å². The summed E-state index contributed by atoms with van der Waals surface area (Å²) in [6, 6.07) is 8.12. The Morgan fingerprint density at radius 2 is 2.00 bits per heavy atom. The molecule has 0 amide bonds. The number of aromatic nitrogens is 1. The minimum atomic E-state index is 0.495. The second kappa shape index (κ2) is 10.6. The maximum atomic E-state index is 4.96. The molecule has 28 heavy (non-hydrogen) atoms. The molecule has 0 bridgehead atoms. The van der Waals surface area contributed by atoms with Crippen molar-refractivity contribution < 1.29 is 0 Å². The molecule has 0 spiro atoms. The van der Waals surface area contributed by atoms with Gasteiger partial charge < -0.3 is 10.3 Å². The Labute approximate surface area is 178 Å². The van der Waals surface area contributed by atoms with Crippen LogP contribution in [0.1, 0.15) is 70.6 Å². The fourth-order valence-corrected chi connectivity index (χ4v) is 5.70. The molecule has 1 atom stereocenters. The monoisotopic (exact) mass is 417 g/mol. The summed E-state index contributed by atoms with van der Waals surface area (Å²) in [7, 11) is 0. The van der Waals surface area contributed by atoms with Crippen LogP contribution in [-0.2, 0) is 5.75 Å². The van der Waals surface area contributed by atoms with Gasteiger partial charge in [-0.05, 0) is 49.3 Å². The first-order valence-electron chi connectivity index (χ1n) is 10.9. The van der Waals surface area contributed by atoms with Gasteiger partial charge in [-0.3, -0.25) is 4.99 Å². The van der Waals surface area contributed by atoms with E-state index in [0.29, 0.717) is 12.1 Å². The standard InChI is InChI=1S/C21H29N3S2.C2H6/c1-3-6-17-13-26-21(23-17)19-11-15-9-14(12-25-2)10-18(20(15)24-19)22-16-7-4-5-8-16;1-2/h9-11,16-17,22,24H,3-8,12-13H2,1-2H3;1-2H3. The fraction of sp³-hybridized carbons (Fsp3) is 0.609. The van der Waals surface area contributed by atoms with Gasteiger partial charge in [0.1, 0.15) is 5.04 Å². The molecule has 2 aliphatic rings. The average Bonchev–Trinajstić information content (AvgIpc) is 3.44. The minimum absolute atomic E-state index is 0.495. The average molecular weight is 418 g/mol. The zero-order valence-electron chi connectivity index (χ0n) is 17.8. The van der Waals surface area contributed by atoms with Crippen LogP contribution in [-0.4, -0.2) is 34.1 Å². The van der Waals surface area contributed by atoms with Crippen molar-refractivity contribution in [2.75, 3.05) is 17.3 Å². The lowest BCUT2D eigenvalue weighted by Gasteiger charge is -2.15. The van der Waals surface area contributed by atoms with Gasteiger partial charge in [-0.15, -0.1) is 11.8 Å². The van der Waals surface area contributed by atoms with E-state index in [1.807, 2.05) is 37.4 Å². The number of nitrogens with zero attached hydrogens (tertiary/aromatic N) is 1. The SMILES string of the molecule is CC.CCCC1CSC(c2cc3cc(CSC)cc(NC4CCCC4)c3[nH]2)=N1. The van der Waals surface area contributed by atoms with Gasteiger partial charge in [0.05, 0.1) is 22.9 Å². The molecular weight excluding hydrogens is 382 g/mol. The molecule has 1 aromatic carbocycles. The molecule has 1 saturated carbocycles. The smallest absolute Gasteiger partial charge is 0.114 e. The van der Waals surface area contributed by atoms with E-state index in [1.54, 1.807) is 0 Å². The van der Waals surface area contributed by atoms with Crippen LogP contribution in [0.25, 0.3) is 10.9 Å². The number of aromatic amines is 1. The molecule has 3 nitrogen and oxygen atoms in total. The van der Waals surface area contributed by atoms with Crippen LogP contribution in [0.4, 0.5) is 5.69 Å². The zero-order valence-corrected chi connectivity index (χ0v) is 19.4. The van der Waals surface area contributed by atoms with E-state index in [0.717, 1.165) is 11.5 Å². The molecule has 2 N–H and O–H groups in total. The van der Waals surface area contributed by atoms with Crippen molar-refractivity contribution in [3.63, 3.8) is 0 Å². The number of aliphatic imine (C=N–C) groups is 1. The Kier molecular flexibility index (Phi) is 8.22. The van der Waals surface area contributed by atoms with Gasteiger partial charge in [-0.2, -0.15) is 11.8 Å². The first-order chi connectivity index (χ1) is 13.8. The van der Waals surface area contributed by atoms with E-state index >= 15 is 0 Å². The number of H-pyrrole nitrogens is 1. The van der Waals surface area contributed by atoms with Crippen molar-refractivity contribution in [1.29, 1.82) is 0 Å². The third kappa shape index (κ3) is 5.10. The molecule has 154 valence electrons. The molecule has 2 heterocycles. The lowest BCUT2D eigenvalue weighted by molar-refractivity contribution is 0.670. The van der Waals surface area contributed by atoms with E-state index in [2.05, 4.69) is 41.7 Å². The quantitative estimate of drug-likeness (QED) is 0.506. The molecule has 0 saturated heterocycles. The second-order valence-electron chi connectivity index (χ2n) is 7.54. The van der Waals surface area contributed by atoms with E-state index in [9.17, 15) is 0 Å². The van der Waals surface area contributed by atoms with Gasteiger partial charge in [0, 0.05) is 22.9 Å². The third-order valence-corrected chi connectivity index (χ3v) is 7.15. The summed E-state index contributed by atoms with van der Waals surface area (Å²) in [6.45, 7) is 6.25. The Bertz CT molecular complexity index is 790. The van der Waals surface area contributed by atoms with Crippen molar-refractivity contribution in [1.82, 2.24) is 4.98 Å². The third-order valence-electron chi connectivity index (χ3n) is 5.38. The Morgan fingerprint density at radius 3 is 2.71 bits per heavy atom. The number of anilines is 1. The van der Waals surface area contributed by atoms with Crippen LogP contribution < -0.4 is 5.32 Å². The molecule has 1 aliphatic carbocycles. The predicted molar refractivity (Wildman–Crippen MR) is 130 cm³/mol. The minimum Gasteiger partial charge on any atom is -0.381 e. The molecule has 2 aromatic rings. The Morgan fingerprint density at radius 1 is 1.21 bits per heavy atom. The maximum absolute atomic E-state index is 4.96. The van der Waals surface area contributed by atoms with Gasteiger partial charge in [0.25, 0.3) is 0 Å². The highest BCUT2D eigenvalue weighted by Gasteiger charge is 2.21. The topological polar surface area (TPSA) is 40.2 Å². The summed E-state index contributed by atoms with van der Waals surface area (Å²) in [5.74, 6) is 2.19. The summed E-state index contributed by atoms with van der Waals surface area (Å²) >= 11 is 3.79. The first-order valence-corrected chi connectivity index (χ1v) is 13.3. The highest BCUT2D eigenvalue weighted by molar-refractivity contribution is 8.14. The highest BCUT2D eigenvalue weighted by Crippen LogP contribution is 2.33. The largest absolute Gasteiger partial charge is 0.381 e. The molecular formula is C23H35N3S2.